The van der Waals surface area contributed by atoms with Crippen molar-refractivity contribution in [3.05, 3.63) is 58.3 Å². The minimum Gasteiger partial charge on any atom is -0.497 e. The molecule has 0 saturated heterocycles. The zero-order valence-electron chi connectivity index (χ0n) is 11.5. The summed E-state index contributed by atoms with van der Waals surface area (Å²) >= 11 is 0. The number of methoxy groups -OCH3 is 1. The van der Waals surface area contributed by atoms with Gasteiger partial charge in [0.2, 0.25) is 0 Å². The van der Waals surface area contributed by atoms with Gasteiger partial charge >= 0.3 is 0 Å². The number of fused-ring (bicyclic) bond motifs is 4. The molecule has 1 aliphatic rings. The van der Waals surface area contributed by atoms with Gasteiger partial charge in [-0.1, -0.05) is 5.16 Å². The zero-order chi connectivity index (χ0) is 15.3. The molecular weight excluding hydrogens is 284 g/mol. The van der Waals surface area contributed by atoms with E-state index in [1.807, 2.05) is 0 Å². The third-order valence-electron chi connectivity index (χ3n) is 3.66. The molecule has 22 heavy (non-hydrogen) atoms. The number of hydrogen-bond acceptors (Lipinski definition) is 6. The van der Waals surface area contributed by atoms with Crippen molar-refractivity contribution >= 4 is 16.7 Å². The van der Waals surface area contributed by atoms with E-state index in [0.29, 0.717) is 28.0 Å². The first-order valence-electron chi connectivity index (χ1n) is 6.53. The van der Waals surface area contributed by atoms with Crippen LogP contribution in [0.5, 0.6) is 5.75 Å². The highest BCUT2D eigenvalue weighted by molar-refractivity contribution is 6.16. The van der Waals surface area contributed by atoms with Gasteiger partial charge in [0.05, 0.1) is 18.2 Å². The lowest BCUT2D eigenvalue weighted by atomic mass is 10.1. The van der Waals surface area contributed by atoms with E-state index in [1.165, 1.54) is 4.57 Å². The predicted molar refractivity (Wildman–Crippen MR) is 79.1 cm³/mol. The van der Waals surface area contributed by atoms with Gasteiger partial charge in [0.1, 0.15) is 5.75 Å². The van der Waals surface area contributed by atoms with Gasteiger partial charge in [-0.2, -0.15) is 0 Å². The third kappa shape index (κ3) is 1.50. The molecule has 0 radical (unpaired) electrons. The maximum Gasteiger partial charge on any atom is 0.267 e. The Morgan fingerprint density at radius 2 is 2.18 bits per heavy atom. The molecule has 0 atom stereocenters. The highest BCUT2D eigenvalue weighted by Gasteiger charge is 2.29. The van der Waals surface area contributed by atoms with Crippen LogP contribution < -0.4 is 10.3 Å². The molecule has 4 rings (SSSR count). The molecule has 1 N–H and O–H groups in total. The van der Waals surface area contributed by atoms with Crippen LogP contribution in [0, 0.1) is 0 Å². The molecule has 0 unspecified atom stereocenters. The van der Waals surface area contributed by atoms with Crippen molar-refractivity contribution in [3.8, 4) is 11.4 Å². The van der Waals surface area contributed by atoms with Gasteiger partial charge in [-0.3, -0.25) is 9.36 Å². The molecule has 7 nitrogen and oxygen atoms in total. The second-order valence-corrected chi connectivity index (χ2v) is 4.78. The Morgan fingerprint density at radius 1 is 1.32 bits per heavy atom. The molecule has 3 heterocycles. The number of nitrogens with zero attached hydrogens (tertiary/aromatic N) is 4. The summed E-state index contributed by atoms with van der Waals surface area (Å²) in [7, 11) is 1.54. The molecule has 2 aromatic heterocycles. The Balaban J connectivity index is 2.15. The standard InChI is InChI=1S/C15H10N4O3/c1-22-8-4-5-11-10(7-8)12(18-21)14-17-13-9(3-2-6-16-13)15(20)19(11)14/h2-7,21H,1H3/b18-12+. The van der Waals surface area contributed by atoms with Gasteiger partial charge in [0.25, 0.3) is 5.56 Å². The molecule has 1 aliphatic heterocycles. The van der Waals surface area contributed by atoms with Crippen LogP contribution in [-0.2, 0) is 0 Å². The van der Waals surface area contributed by atoms with Crippen molar-refractivity contribution in [1.29, 1.82) is 0 Å². The maximum atomic E-state index is 12.7. The van der Waals surface area contributed by atoms with Crippen molar-refractivity contribution < 1.29 is 9.94 Å². The Morgan fingerprint density at radius 3 is 2.95 bits per heavy atom. The van der Waals surface area contributed by atoms with E-state index >= 15 is 0 Å². The first kappa shape index (κ1) is 12.5. The normalized spacial score (nSPS) is 14.1. The molecular formula is C15H10N4O3. The molecule has 0 bridgehead atoms. The average Bonchev–Trinajstić information content (AvgIpc) is 2.87. The highest BCUT2D eigenvalue weighted by Crippen LogP contribution is 2.29. The van der Waals surface area contributed by atoms with Crippen LogP contribution in [0.15, 0.2) is 46.5 Å². The molecule has 0 amide bonds. The van der Waals surface area contributed by atoms with E-state index in [-0.39, 0.29) is 17.1 Å². The smallest absolute Gasteiger partial charge is 0.267 e. The third-order valence-corrected chi connectivity index (χ3v) is 3.66. The number of rotatable bonds is 1. The fourth-order valence-corrected chi connectivity index (χ4v) is 2.65. The SMILES string of the molecule is COc1ccc2c(c1)/C(=N\O)c1nc3ncccc3c(=O)n1-2. The summed E-state index contributed by atoms with van der Waals surface area (Å²) in [5.41, 5.74) is 1.48. The number of aromatic nitrogens is 3. The Hall–Kier alpha value is -3.22. The van der Waals surface area contributed by atoms with Gasteiger partial charge < -0.3 is 9.94 Å². The fourth-order valence-electron chi connectivity index (χ4n) is 2.65. The lowest BCUT2D eigenvalue weighted by Crippen LogP contribution is -2.22. The second kappa shape index (κ2) is 4.39. The van der Waals surface area contributed by atoms with Gasteiger partial charge in [-0.25, -0.2) is 9.97 Å². The van der Waals surface area contributed by atoms with E-state index in [1.54, 1.807) is 43.6 Å². The van der Waals surface area contributed by atoms with Gasteiger partial charge in [-0.15, -0.1) is 0 Å². The number of pyridine rings is 1. The van der Waals surface area contributed by atoms with Crippen LogP contribution in [-0.4, -0.2) is 32.6 Å². The molecule has 0 spiro atoms. The summed E-state index contributed by atoms with van der Waals surface area (Å²) in [4.78, 5) is 21.2. The van der Waals surface area contributed by atoms with Crippen LogP contribution in [0.3, 0.4) is 0 Å². The monoisotopic (exact) mass is 294 g/mol. The minimum absolute atomic E-state index is 0.221. The van der Waals surface area contributed by atoms with Crippen molar-refractivity contribution in [2.45, 2.75) is 0 Å². The number of ether oxygens (including phenoxy) is 1. The Bertz CT molecular complexity index is 1010. The molecule has 0 aliphatic carbocycles. The molecule has 1 aromatic carbocycles. The number of oxime groups is 1. The predicted octanol–water partition coefficient (Wildman–Crippen LogP) is 1.33. The fraction of sp³-hybridized carbons (Fsp3) is 0.0667. The first-order valence-corrected chi connectivity index (χ1v) is 6.53. The summed E-state index contributed by atoms with van der Waals surface area (Å²) in [6.45, 7) is 0. The summed E-state index contributed by atoms with van der Waals surface area (Å²) in [5, 5.41) is 13.1. The van der Waals surface area contributed by atoms with Crippen LogP contribution in [0.4, 0.5) is 0 Å². The largest absolute Gasteiger partial charge is 0.497 e. The molecule has 108 valence electrons. The van der Waals surface area contributed by atoms with Crippen molar-refractivity contribution in [2.24, 2.45) is 5.16 Å². The van der Waals surface area contributed by atoms with E-state index in [2.05, 4.69) is 15.1 Å². The number of benzene rings is 1. The van der Waals surface area contributed by atoms with E-state index in [0.717, 1.165) is 0 Å². The molecule has 0 saturated carbocycles. The number of hydrogen-bond donors (Lipinski definition) is 1. The average molecular weight is 294 g/mol. The van der Waals surface area contributed by atoms with Crippen LogP contribution >= 0.6 is 0 Å². The summed E-state index contributed by atoms with van der Waals surface area (Å²) < 4.78 is 6.61. The van der Waals surface area contributed by atoms with Crippen LogP contribution in [0.25, 0.3) is 16.7 Å². The molecule has 7 heteroatoms. The van der Waals surface area contributed by atoms with Gasteiger partial charge in [0.15, 0.2) is 17.2 Å². The van der Waals surface area contributed by atoms with E-state index in [4.69, 9.17) is 4.74 Å². The van der Waals surface area contributed by atoms with Crippen molar-refractivity contribution in [2.75, 3.05) is 7.11 Å². The lowest BCUT2D eigenvalue weighted by Gasteiger charge is -2.05. The van der Waals surface area contributed by atoms with E-state index < -0.39 is 0 Å². The Kier molecular flexibility index (Phi) is 2.50. The highest BCUT2D eigenvalue weighted by atomic mass is 16.5. The lowest BCUT2D eigenvalue weighted by molar-refractivity contribution is 0.319. The topological polar surface area (TPSA) is 89.6 Å². The van der Waals surface area contributed by atoms with E-state index in [9.17, 15) is 10.0 Å². The molecule has 3 aromatic rings. The quantitative estimate of drug-likeness (QED) is 0.422. The van der Waals surface area contributed by atoms with Crippen molar-refractivity contribution in [1.82, 2.24) is 14.5 Å². The second-order valence-electron chi connectivity index (χ2n) is 4.78. The van der Waals surface area contributed by atoms with Crippen molar-refractivity contribution in [3.63, 3.8) is 0 Å². The van der Waals surface area contributed by atoms with Crippen LogP contribution in [0.1, 0.15) is 11.4 Å². The summed E-state index contributed by atoms with van der Waals surface area (Å²) in [6.07, 6.45) is 1.56. The van der Waals surface area contributed by atoms with Gasteiger partial charge in [-0.05, 0) is 30.3 Å². The summed E-state index contributed by atoms with van der Waals surface area (Å²) in [6, 6.07) is 8.53. The summed E-state index contributed by atoms with van der Waals surface area (Å²) in [5.74, 6) is 0.866. The first-order chi connectivity index (χ1) is 10.7. The maximum absolute atomic E-state index is 12.7. The van der Waals surface area contributed by atoms with Gasteiger partial charge in [0, 0.05) is 11.8 Å². The van der Waals surface area contributed by atoms with Crippen LogP contribution in [0.2, 0.25) is 0 Å². The Labute approximate surface area is 124 Å². The zero-order valence-corrected chi connectivity index (χ0v) is 11.5. The minimum atomic E-state index is -0.252. The molecule has 0 fully saturated rings.